The maximum atomic E-state index is 13.5. The Bertz CT molecular complexity index is 778. The molecule has 0 spiro atoms. The summed E-state index contributed by atoms with van der Waals surface area (Å²) < 4.78 is 23.5. The van der Waals surface area contributed by atoms with Crippen molar-refractivity contribution in [2.75, 3.05) is 14.2 Å². The van der Waals surface area contributed by atoms with E-state index in [2.05, 4.69) is 0 Å². The van der Waals surface area contributed by atoms with E-state index in [1.807, 2.05) is 27.7 Å². The Morgan fingerprint density at radius 1 is 1.00 bits per heavy atom. The molecule has 27 heavy (non-hydrogen) atoms. The van der Waals surface area contributed by atoms with Gasteiger partial charge in [0, 0.05) is 11.6 Å². The Hall–Kier alpha value is -2.50. The molecule has 1 aromatic rings. The quantitative estimate of drug-likeness (QED) is 0.733. The van der Waals surface area contributed by atoms with Crippen molar-refractivity contribution in [1.82, 2.24) is 0 Å². The van der Waals surface area contributed by atoms with Crippen LogP contribution in [0.5, 0.6) is 0 Å². The van der Waals surface area contributed by atoms with Crippen molar-refractivity contribution in [2.24, 2.45) is 22.7 Å². The number of benzene rings is 1. The first-order valence-electron chi connectivity index (χ1n) is 8.97. The van der Waals surface area contributed by atoms with E-state index in [1.54, 1.807) is 12.1 Å². The fraction of sp³-hybridized carbons (Fsp3) is 0.476. The smallest absolute Gasteiger partial charge is 0.336 e. The molecule has 146 valence electrons. The van der Waals surface area contributed by atoms with E-state index in [0.29, 0.717) is 22.5 Å². The standard InChI is InChI=1S/C21H26FNO4/c1-11(2)18-16(20(24)26-5)15(13-7-9-14(22)10-8-13)17(21(25)27-6)19(23-18)12(3)4/h7-12,15-16H,1-6H3. The number of ether oxygens (including phenoxy) is 2. The fourth-order valence-electron chi connectivity index (χ4n) is 3.45. The van der Waals surface area contributed by atoms with Gasteiger partial charge in [0.05, 0.1) is 25.5 Å². The van der Waals surface area contributed by atoms with Gasteiger partial charge < -0.3 is 9.47 Å². The summed E-state index contributed by atoms with van der Waals surface area (Å²) in [7, 11) is 2.60. The van der Waals surface area contributed by atoms with Crippen LogP contribution in [0.4, 0.5) is 4.39 Å². The number of hydrogen-bond donors (Lipinski definition) is 0. The minimum absolute atomic E-state index is 0.0370. The van der Waals surface area contributed by atoms with Crippen LogP contribution in [0.15, 0.2) is 40.5 Å². The second-order valence-electron chi connectivity index (χ2n) is 7.17. The molecule has 5 nitrogen and oxygen atoms in total. The summed E-state index contributed by atoms with van der Waals surface area (Å²) >= 11 is 0. The molecule has 0 radical (unpaired) electrons. The number of rotatable bonds is 5. The van der Waals surface area contributed by atoms with Gasteiger partial charge in [-0.25, -0.2) is 9.18 Å². The molecule has 0 saturated heterocycles. The van der Waals surface area contributed by atoms with Crippen LogP contribution in [0.1, 0.15) is 39.2 Å². The summed E-state index contributed by atoms with van der Waals surface area (Å²) in [5.74, 6) is -2.96. The average Bonchev–Trinajstić information content (AvgIpc) is 2.65. The van der Waals surface area contributed by atoms with E-state index in [0.717, 1.165) is 0 Å². The number of hydrogen-bond acceptors (Lipinski definition) is 5. The fourth-order valence-corrected chi connectivity index (χ4v) is 3.45. The molecular formula is C21H26FNO4. The third-order valence-corrected chi connectivity index (χ3v) is 4.72. The Morgan fingerprint density at radius 2 is 1.59 bits per heavy atom. The van der Waals surface area contributed by atoms with E-state index < -0.39 is 29.6 Å². The van der Waals surface area contributed by atoms with Crippen LogP contribution in [0.2, 0.25) is 0 Å². The number of nitrogens with zero attached hydrogens (tertiary/aromatic N) is 1. The van der Waals surface area contributed by atoms with Crippen LogP contribution in [0, 0.1) is 23.6 Å². The van der Waals surface area contributed by atoms with Gasteiger partial charge in [-0.05, 0) is 29.5 Å². The molecular weight excluding hydrogens is 349 g/mol. The highest BCUT2D eigenvalue weighted by molar-refractivity contribution is 6.08. The molecule has 0 aromatic heterocycles. The molecule has 0 bridgehead atoms. The van der Waals surface area contributed by atoms with Gasteiger partial charge in [-0.2, -0.15) is 0 Å². The van der Waals surface area contributed by atoms with E-state index >= 15 is 0 Å². The first kappa shape index (κ1) is 20.8. The van der Waals surface area contributed by atoms with Crippen molar-refractivity contribution >= 4 is 17.7 Å². The molecule has 0 fully saturated rings. The van der Waals surface area contributed by atoms with Gasteiger partial charge in [0.25, 0.3) is 0 Å². The normalized spacial score (nSPS) is 20.0. The van der Waals surface area contributed by atoms with Crippen LogP contribution < -0.4 is 0 Å². The molecule has 2 atom stereocenters. The third-order valence-electron chi connectivity index (χ3n) is 4.72. The van der Waals surface area contributed by atoms with Crippen molar-refractivity contribution in [1.29, 1.82) is 0 Å². The molecule has 0 N–H and O–H groups in total. The summed E-state index contributed by atoms with van der Waals surface area (Å²) in [6.45, 7) is 7.75. The van der Waals surface area contributed by atoms with Crippen molar-refractivity contribution in [3.05, 3.63) is 46.9 Å². The number of methoxy groups -OCH3 is 2. The van der Waals surface area contributed by atoms with Crippen LogP contribution in [-0.4, -0.2) is 31.9 Å². The van der Waals surface area contributed by atoms with Gasteiger partial charge >= 0.3 is 11.9 Å². The Labute approximate surface area is 159 Å². The van der Waals surface area contributed by atoms with Crippen molar-refractivity contribution < 1.29 is 23.5 Å². The van der Waals surface area contributed by atoms with Crippen molar-refractivity contribution in [3.63, 3.8) is 0 Å². The molecule has 1 aliphatic rings. The van der Waals surface area contributed by atoms with E-state index in [9.17, 15) is 14.0 Å². The highest BCUT2D eigenvalue weighted by Gasteiger charge is 2.45. The van der Waals surface area contributed by atoms with Crippen LogP contribution in [0.25, 0.3) is 0 Å². The molecule has 6 heteroatoms. The summed E-state index contributed by atoms with van der Waals surface area (Å²) in [4.78, 5) is 30.1. The molecule has 0 saturated carbocycles. The molecule has 2 unspecified atom stereocenters. The van der Waals surface area contributed by atoms with Crippen LogP contribution in [-0.2, 0) is 19.1 Å². The zero-order valence-corrected chi connectivity index (χ0v) is 16.6. The molecule has 2 rings (SSSR count). The highest BCUT2D eigenvalue weighted by atomic mass is 19.1. The summed E-state index contributed by atoms with van der Waals surface area (Å²) in [6, 6.07) is 5.79. The topological polar surface area (TPSA) is 65.0 Å². The average molecular weight is 375 g/mol. The van der Waals surface area contributed by atoms with Crippen LogP contribution >= 0.6 is 0 Å². The van der Waals surface area contributed by atoms with E-state index in [4.69, 9.17) is 14.5 Å². The van der Waals surface area contributed by atoms with Crippen LogP contribution in [0.3, 0.4) is 0 Å². The maximum absolute atomic E-state index is 13.5. The lowest BCUT2D eigenvalue weighted by Gasteiger charge is -2.35. The Balaban J connectivity index is 2.83. The van der Waals surface area contributed by atoms with Crippen molar-refractivity contribution in [2.45, 2.75) is 33.6 Å². The van der Waals surface area contributed by atoms with Gasteiger partial charge in [-0.3, -0.25) is 9.79 Å². The molecule has 0 aliphatic carbocycles. The second kappa shape index (κ2) is 8.46. The number of aliphatic imine (C=N–C) groups is 1. The van der Waals surface area contributed by atoms with Gasteiger partial charge in [0.15, 0.2) is 0 Å². The largest absolute Gasteiger partial charge is 0.468 e. The maximum Gasteiger partial charge on any atom is 0.336 e. The molecule has 1 heterocycles. The van der Waals surface area contributed by atoms with Crippen molar-refractivity contribution in [3.8, 4) is 0 Å². The summed E-state index contributed by atoms with van der Waals surface area (Å²) in [6.07, 6.45) is 0. The zero-order chi connectivity index (χ0) is 20.3. The minimum atomic E-state index is -0.780. The minimum Gasteiger partial charge on any atom is -0.468 e. The number of carbonyl (C=O) groups excluding carboxylic acids is 2. The molecule has 1 aromatic carbocycles. The predicted molar refractivity (Wildman–Crippen MR) is 101 cm³/mol. The second-order valence-corrected chi connectivity index (χ2v) is 7.17. The number of allylic oxidation sites excluding steroid dienone is 1. The molecule has 0 amide bonds. The first-order chi connectivity index (χ1) is 12.7. The lowest BCUT2D eigenvalue weighted by molar-refractivity contribution is -0.143. The zero-order valence-electron chi connectivity index (χ0n) is 16.6. The SMILES string of the molecule is COC(=O)C1=C(C(C)C)N=C(C(C)C)C(C(=O)OC)C1c1ccc(F)cc1. The predicted octanol–water partition coefficient (Wildman–Crippen LogP) is 3.89. The van der Waals surface area contributed by atoms with E-state index in [1.165, 1.54) is 26.4 Å². The number of esters is 2. The Morgan fingerprint density at radius 3 is 2.04 bits per heavy atom. The lowest BCUT2D eigenvalue weighted by atomic mass is 9.72. The number of carbonyl (C=O) groups is 2. The van der Waals surface area contributed by atoms with Gasteiger partial charge in [0.2, 0.25) is 0 Å². The number of halogens is 1. The monoisotopic (exact) mass is 375 g/mol. The summed E-state index contributed by atoms with van der Waals surface area (Å²) in [5.41, 5.74) is 2.19. The first-order valence-corrected chi connectivity index (χ1v) is 8.97. The molecule has 1 aliphatic heterocycles. The van der Waals surface area contributed by atoms with Gasteiger partial charge in [-0.1, -0.05) is 39.8 Å². The van der Waals surface area contributed by atoms with Gasteiger partial charge in [0.1, 0.15) is 11.7 Å². The van der Waals surface area contributed by atoms with E-state index in [-0.39, 0.29) is 11.8 Å². The Kier molecular flexibility index (Phi) is 6.52. The lowest BCUT2D eigenvalue weighted by Crippen LogP contribution is -2.40. The third kappa shape index (κ3) is 4.10. The summed E-state index contributed by atoms with van der Waals surface area (Å²) in [5, 5.41) is 0. The highest BCUT2D eigenvalue weighted by Crippen LogP contribution is 2.43. The van der Waals surface area contributed by atoms with Gasteiger partial charge in [-0.15, -0.1) is 0 Å².